The van der Waals surface area contributed by atoms with Crippen molar-refractivity contribution in [3.05, 3.63) is 65.0 Å². The second kappa shape index (κ2) is 7.66. The van der Waals surface area contributed by atoms with Crippen LogP contribution in [0, 0.1) is 11.8 Å². The van der Waals surface area contributed by atoms with Crippen molar-refractivity contribution in [1.29, 1.82) is 0 Å². The number of hydrogen-bond acceptors (Lipinski definition) is 8. The van der Waals surface area contributed by atoms with Crippen LogP contribution >= 0.6 is 11.3 Å². The van der Waals surface area contributed by atoms with Gasteiger partial charge in [-0.1, -0.05) is 24.3 Å². The molecule has 0 saturated carbocycles. The van der Waals surface area contributed by atoms with E-state index in [9.17, 15) is 4.79 Å². The second-order valence-corrected chi connectivity index (χ2v) is 10.7. The molecule has 0 radical (unpaired) electrons. The van der Waals surface area contributed by atoms with E-state index in [1.807, 2.05) is 36.4 Å². The first-order chi connectivity index (χ1) is 17.1. The highest BCUT2D eigenvalue weighted by Gasteiger charge is 2.39. The lowest BCUT2D eigenvalue weighted by atomic mass is 10.0. The molecule has 2 atom stereocenters. The summed E-state index contributed by atoms with van der Waals surface area (Å²) in [5.41, 5.74) is 9.51. The van der Waals surface area contributed by atoms with Gasteiger partial charge in [0.25, 0.3) is 0 Å². The SMILES string of the molecule is CN1CC2CN(c3ncc4c(=O)c(Nc5ccccc5N)c5sc6ccccc6n5c4n3)CC2C1. The molecule has 9 heteroatoms. The predicted molar refractivity (Wildman–Crippen MR) is 143 cm³/mol. The van der Waals surface area contributed by atoms with Gasteiger partial charge in [-0.05, 0) is 43.1 Å². The number of nitrogens with two attached hydrogens (primary N) is 1. The molecule has 2 aliphatic heterocycles. The number of hydrogen-bond donors (Lipinski definition) is 2. The Labute approximate surface area is 205 Å². The molecule has 176 valence electrons. The number of benzene rings is 2. The smallest absolute Gasteiger partial charge is 0.227 e. The number of thiazole rings is 1. The van der Waals surface area contributed by atoms with Gasteiger partial charge < -0.3 is 20.9 Å². The van der Waals surface area contributed by atoms with E-state index in [4.69, 9.17) is 10.7 Å². The summed E-state index contributed by atoms with van der Waals surface area (Å²) in [6, 6.07) is 15.7. The minimum Gasteiger partial charge on any atom is -0.397 e. The van der Waals surface area contributed by atoms with Gasteiger partial charge in [0.15, 0.2) is 5.65 Å². The molecule has 0 bridgehead atoms. The van der Waals surface area contributed by atoms with Crippen LogP contribution in [0.5, 0.6) is 0 Å². The van der Waals surface area contributed by atoms with Crippen LogP contribution in [-0.4, -0.2) is 52.5 Å². The molecule has 5 heterocycles. The monoisotopic (exact) mass is 483 g/mol. The first-order valence-electron chi connectivity index (χ1n) is 11.8. The fourth-order valence-corrected chi connectivity index (χ4v) is 6.83. The summed E-state index contributed by atoms with van der Waals surface area (Å²) in [6.45, 7) is 4.14. The number of nitrogens with one attached hydrogen (secondary N) is 1. The summed E-state index contributed by atoms with van der Waals surface area (Å²) in [4.78, 5) is 28.9. The molecule has 2 aliphatic rings. The lowest BCUT2D eigenvalue weighted by Crippen LogP contribution is -2.28. The third kappa shape index (κ3) is 3.19. The average molecular weight is 484 g/mol. The number of aromatic nitrogens is 3. The first kappa shape index (κ1) is 20.7. The van der Waals surface area contributed by atoms with Gasteiger partial charge in [-0.3, -0.25) is 9.20 Å². The summed E-state index contributed by atoms with van der Waals surface area (Å²) >= 11 is 1.57. The van der Waals surface area contributed by atoms with Gasteiger partial charge in [0.1, 0.15) is 10.5 Å². The Balaban J connectivity index is 1.43. The molecule has 35 heavy (non-hydrogen) atoms. The van der Waals surface area contributed by atoms with Crippen molar-refractivity contribution in [2.45, 2.75) is 0 Å². The predicted octanol–water partition coefficient (Wildman–Crippen LogP) is 3.78. The van der Waals surface area contributed by atoms with Gasteiger partial charge in [-0.2, -0.15) is 4.98 Å². The topological polar surface area (TPSA) is 91.8 Å². The van der Waals surface area contributed by atoms with Gasteiger partial charge in [0.05, 0.1) is 27.0 Å². The molecule has 0 amide bonds. The van der Waals surface area contributed by atoms with Crippen LogP contribution in [0.4, 0.5) is 23.0 Å². The molecule has 5 aromatic rings. The van der Waals surface area contributed by atoms with E-state index in [2.05, 4.69) is 43.7 Å². The molecule has 7 rings (SSSR count). The molecular weight excluding hydrogens is 458 g/mol. The number of rotatable bonds is 3. The minimum absolute atomic E-state index is 0.124. The zero-order valence-corrected chi connectivity index (χ0v) is 20.1. The third-order valence-electron chi connectivity index (χ3n) is 7.34. The van der Waals surface area contributed by atoms with Crippen molar-refractivity contribution >= 4 is 60.4 Å². The van der Waals surface area contributed by atoms with E-state index < -0.39 is 0 Å². The normalized spacial score (nSPS) is 20.3. The number of nitrogen functional groups attached to an aromatic ring is 1. The maximum atomic E-state index is 13.8. The van der Waals surface area contributed by atoms with Crippen molar-refractivity contribution in [3.8, 4) is 0 Å². The van der Waals surface area contributed by atoms with Crippen LogP contribution in [-0.2, 0) is 0 Å². The number of pyridine rings is 1. The Morgan fingerprint density at radius 3 is 2.57 bits per heavy atom. The summed E-state index contributed by atoms with van der Waals surface area (Å²) < 4.78 is 3.18. The van der Waals surface area contributed by atoms with E-state index in [1.165, 1.54) is 0 Å². The Kier molecular flexibility index (Phi) is 4.52. The van der Waals surface area contributed by atoms with Gasteiger partial charge in [-0.15, -0.1) is 11.3 Å². The molecule has 2 fully saturated rings. The largest absolute Gasteiger partial charge is 0.397 e. The summed E-state index contributed by atoms with van der Waals surface area (Å²) in [6.07, 6.45) is 1.69. The van der Waals surface area contributed by atoms with Crippen molar-refractivity contribution in [1.82, 2.24) is 19.3 Å². The summed E-state index contributed by atoms with van der Waals surface area (Å²) in [7, 11) is 2.19. The van der Waals surface area contributed by atoms with E-state index in [0.29, 0.717) is 45.9 Å². The zero-order valence-electron chi connectivity index (χ0n) is 19.3. The van der Waals surface area contributed by atoms with Gasteiger partial charge in [0, 0.05) is 32.4 Å². The van der Waals surface area contributed by atoms with Crippen LogP contribution in [0.15, 0.2) is 59.5 Å². The minimum atomic E-state index is -0.124. The van der Waals surface area contributed by atoms with Crippen molar-refractivity contribution in [3.63, 3.8) is 0 Å². The molecule has 3 aromatic heterocycles. The number of anilines is 4. The molecule has 0 aliphatic carbocycles. The number of para-hydroxylation sites is 3. The third-order valence-corrected chi connectivity index (χ3v) is 8.49. The fraction of sp³-hybridized carbons (Fsp3) is 0.269. The number of fused-ring (bicyclic) bond motifs is 6. The van der Waals surface area contributed by atoms with Gasteiger partial charge in [0.2, 0.25) is 11.4 Å². The van der Waals surface area contributed by atoms with Crippen molar-refractivity contribution < 1.29 is 0 Å². The Hall–Kier alpha value is -3.69. The molecule has 8 nitrogen and oxygen atoms in total. The van der Waals surface area contributed by atoms with Crippen LogP contribution in [0.1, 0.15) is 0 Å². The highest BCUT2D eigenvalue weighted by molar-refractivity contribution is 7.24. The molecule has 2 unspecified atom stereocenters. The highest BCUT2D eigenvalue weighted by Crippen LogP contribution is 2.36. The molecule has 0 spiro atoms. The van der Waals surface area contributed by atoms with Crippen LogP contribution in [0.3, 0.4) is 0 Å². The van der Waals surface area contributed by atoms with Gasteiger partial charge >= 0.3 is 0 Å². The Morgan fingerprint density at radius 2 is 1.77 bits per heavy atom. The van der Waals surface area contributed by atoms with E-state index in [-0.39, 0.29) is 5.43 Å². The second-order valence-electron chi connectivity index (χ2n) is 9.68. The number of likely N-dealkylation sites (tertiary alicyclic amines) is 1. The van der Waals surface area contributed by atoms with Crippen LogP contribution in [0.25, 0.3) is 26.1 Å². The first-order valence-corrected chi connectivity index (χ1v) is 12.7. The van der Waals surface area contributed by atoms with Crippen LogP contribution < -0.4 is 21.4 Å². The fourth-order valence-electron chi connectivity index (χ4n) is 5.69. The van der Waals surface area contributed by atoms with E-state index in [1.54, 1.807) is 17.5 Å². The average Bonchev–Trinajstić information content (AvgIpc) is 3.53. The van der Waals surface area contributed by atoms with Crippen molar-refractivity contribution in [2.24, 2.45) is 11.8 Å². The molecular formula is C26H25N7OS. The van der Waals surface area contributed by atoms with Gasteiger partial charge in [-0.25, -0.2) is 4.98 Å². The van der Waals surface area contributed by atoms with Crippen LogP contribution in [0.2, 0.25) is 0 Å². The number of nitrogens with zero attached hydrogens (tertiary/aromatic N) is 5. The molecule has 2 saturated heterocycles. The lowest BCUT2D eigenvalue weighted by molar-refractivity contribution is 0.386. The maximum absolute atomic E-state index is 13.8. The quantitative estimate of drug-likeness (QED) is 0.377. The van der Waals surface area contributed by atoms with Crippen molar-refractivity contribution in [2.75, 3.05) is 49.2 Å². The Bertz CT molecular complexity index is 1660. The molecule has 3 N–H and O–H groups in total. The Morgan fingerprint density at radius 1 is 1.03 bits per heavy atom. The van der Waals surface area contributed by atoms with E-state index in [0.717, 1.165) is 41.2 Å². The highest BCUT2D eigenvalue weighted by atomic mass is 32.1. The summed E-state index contributed by atoms with van der Waals surface area (Å²) in [5, 5.41) is 3.81. The molecule has 2 aromatic carbocycles. The zero-order chi connectivity index (χ0) is 23.7. The summed E-state index contributed by atoms with van der Waals surface area (Å²) in [5.74, 6) is 1.99. The lowest BCUT2D eigenvalue weighted by Gasteiger charge is -2.19. The maximum Gasteiger partial charge on any atom is 0.227 e. The van der Waals surface area contributed by atoms with E-state index >= 15 is 0 Å². The standard InChI is InChI=1S/C26H25N7OS/c1-31-11-15-13-32(14-16(15)12-31)26-28-10-17-23(34)22(29-19-7-3-2-6-18(19)27)25-33(24(17)30-26)20-8-4-5-9-21(20)35-25/h2-10,15-16,29H,11-14,27H2,1H3.